The maximum Gasteiger partial charge on any atom is 0.220 e. The highest BCUT2D eigenvalue weighted by molar-refractivity contribution is 5.77. The Morgan fingerprint density at radius 2 is 2.26 bits per heavy atom. The molecule has 0 saturated heterocycles. The molecule has 0 fully saturated rings. The molecule has 19 heavy (non-hydrogen) atoms. The molecular formula is C15H19N3O. The molecule has 1 atom stereocenters. The van der Waals surface area contributed by atoms with E-state index in [9.17, 15) is 4.79 Å². The van der Waals surface area contributed by atoms with Gasteiger partial charge in [-0.3, -0.25) is 4.79 Å². The molecule has 100 valence electrons. The van der Waals surface area contributed by atoms with Gasteiger partial charge in [-0.1, -0.05) is 25.1 Å². The molecule has 0 spiro atoms. The maximum atomic E-state index is 11.5. The molecule has 0 aliphatic rings. The molecule has 2 rings (SSSR count). The van der Waals surface area contributed by atoms with Crippen molar-refractivity contribution in [1.29, 1.82) is 0 Å². The molecule has 1 amide bonds. The average molecular weight is 257 g/mol. The van der Waals surface area contributed by atoms with Crippen LogP contribution >= 0.6 is 0 Å². The van der Waals surface area contributed by atoms with Crippen molar-refractivity contribution in [1.82, 2.24) is 14.9 Å². The Morgan fingerprint density at radius 3 is 2.95 bits per heavy atom. The van der Waals surface area contributed by atoms with E-state index in [0.717, 1.165) is 16.9 Å². The van der Waals surface area contributed by atoms with Crippen LogP contribution in [0.15, 0.2) is 36.9 Å². The number of hydrogen-bond acceptors (Lipinski definition) is 2. The summed E-state index contributed by atoms with van der Waals surface area (Å²) >= 11 is 0. The van der Waals surface area contributed by atoms with Gasteiger partial charge in [0, 0.05) is 13.0 Å². The first-order chi connectivity index (χ1) is 9.17. The van der Waals surface area contributed by atoms with E-state index in [0.29, 0.717) is 13.0 Å². The fourth-order valence-electron chi connectivity index (χ4n) is 2.15. The van der Waals surface area contributed by atoms with Gasteiger partial charge in [0.05, 0.1) is 17.1 Å². The van der Waals surface area contributed by atoms with Crippen molar-refractivity contribution in [2.45, 2.75) is 32.9 Å². The number of aromatic nitrogens is 2. The summed E-state index contributed by atoms with van der Waals surface area (Å²) in [5.41, 5.74) is 2.01. The lowest BCUT2D eigenvalue weighted by atomic mass is 10.3. The first-order valence-corrected chi connectivity index (χ1v) is 6.52. The number of nitrogens with one attached hydrogen (secondary N) is 1. The molecule has 0 aliphatic carbocycles. The molecule has 1 N–H and O–H groups in total. The number of fused-ring (bicyclic) bond motifs is 1. The molecule has 1 aromatic carbocycles. The minimum absolute atomic E-state index is 0.0321. The van der Waals surface area contributed by atoms with Gasteiger partial charge in [-0.2, -0.15) is 0 Å². The summed E-state index contributed by atoms with van der Waals surface area (Å²) in [5.74, 6) is 0.896. The fraction of sp³-hybridized carbons (Fsp3) is 0.333. The van der Waals surface area contributed by atoms with Crippen molar-refractivity contribution in [3.8, 4) is 0 Å². The van der Waals surface area contributed by atoms with E-state index in [1.54, 1.807) is 0 Å². The second kappa shape index (κ2) is 5.69. The molecule has 0 aliphatic heterocycles. The maximum absolute atomic E-state index is 11.5. The number of para-hydroxylation sites is 2. The van der Waals surface area contributed by atoms with E-state index in [1.165, 1.54) is 0 Å². The first kappa shape index (κ1) is 13.3. The van der Waals surface area contributed by atoms with Crippen molar-refractivity contribution < 1.29 is 4.79 Å². The van der Waals surface area contributed by atoms with Crippen LogP contribution in [-0.4, -0.2) is 15.5 Å². The second-order valence-corrected chi connectivity index (χ2v) is 4.50. The third-order valence-corrected chi connectivity index (χ3v) is 3.08. The molecule has 0 unspecified atom stereocenters. The molecule has 1 aromatic heterocycles. The SMILES string of the molecule is C=CCn1c([C@@H](C)NC(=O)CC)nc2ccccc21. The van der Waals surface area contributed by atoms with Gasteiger partial charge in [-0.15, -0.1) is 6.58 Å². The summed E-state index contributed by atoms with van der Waals surface area (Å²) in [4.78, 5) is 16.1. The third-order valence-electron chi connectivity index (χ3n) is 3.08. The lowest BCUT2D eigenvalue weighted by molar-refractivity contribution is -0.121. The van der Waals surface area contributed by atoms with Crippen LogP contribution in [0.3, 0.4) is 0 Å². The van der Waals surface area contributed by atoms with Crippen LogP contribution in [0.4, 0.5) is 0 Å². The number of hydrogen-bond donors (Lipinski definition) is 1. The minimum atomic E-state index is -0.111. The molecule has 0 bridgehead atoms. The van der Waals surface area contributed by atoms with E-state index in [-0.39, 0.29) is 11.9 Å². The number of rotatable bonds is 5. The highest BCUT2D eigenvalue weighted by atomic mass is 16.1. The van der Waals surface area contributed by atoms with Gasteiger partial charge in [0.25, 0.3) is 0 Å². The third kappa shape index (κ3) is 2.67. The van der Waals surface area contributed by atoms with E-state index in [4.69, 9.17) is 0 Å². The van der Waals surface area contributed by atoms with Gasteiger partial charge < -0.3 is 9.88 Å². The smallest absolute Gasteiger partial charge is 0.220 e. The van der Waals surface area contributed by atoms with Crippen LogP contribution < -0.4 is 5.32 Å². The summed E-state index contributed by atoms with van der Waals surface area (Å²) in [6, 6.07) is 7.85. The van der Waals surface area contributed by atoms with E-state index in [2.05, 4.69) is 21.4 Å². The van der Waals surface area contributed by atoms with Crippen molar-refractivity contribution in [2.24, 2.45) is 0 Å². The average Bonchev–Trinajstić information content (AvgIpc) is 2.78. The Hall–Kier alpha value is -2.10. The molecule has 4 nitrogen and oxygen atoms in total. The quantitative estimate of drug-likeness (QED) is 0.837. The number of imidazole rings is 1. The van der Waals surface area contributed by atoms with Crippen LogP contribution in [0.25, 0.3) is 11.0 Å². The highest BCUT2D eigenvalue weighted by Gasteiger charge is 2.16. The normalized spacial score (nSPS) is 12.3. The molecule has 2 aromatic rings. The van der Waals surface area contributed by atoms with Gasteiger partial charge in [0.2, 0.25) is 5.91 Å². The summed E-state index contributed by atoms with van der Waals surface area (Å²) in [6.45, 7) is 8.26. The van der Waals surface area contributed by atoms with Crippen molar-refractivity contribution in [3.63, 3.8) is 0 Å². The number of nitrogens with zero attached hydrogens (tertiary/aromatic N) is 2. The molecule has 0 saturated carbocycles. The van der Waals surface area contributed by atoms with Gasteiger partial charge in [-0.25, -0.2) is 4.98 Å². The lowest BCUT2D eigenvalue weighted by Gasteiger charge is -2.14. The predicted molar refractivity (Wildman–Crippen MR) is 76.8 cm³/mol. The van der Waals surface area contributed by atoms with Crippen LogP contribution in [0.5, 0.6) is 0 Å². The van der Waals surface area contributed by atoms with Crippen LogP contribution in [0.2, 0.25) is 0 Å². The largest absolute Gasteiger partial charge is 0.346 e. The number of carbonyl (C=O) groups is 1. The fourth-order valence-corrected chi connectivity index (χ4v) is 2.15. The van der Waals surface area contributed by atoms with Crippen molar-refractivity contribution in [3.05, 3.63) is 42.7 Å². The Bertz CT molecular complexity index is 600. The molecule has 1 heterocycles. The summed E-state index contributed by atoms with van der Waals surface area (Å²) in [5, 5.41) is 2.95. The Balaban J connectivity index is 2.43. The van der Waals surface area contributed by atoms with E-state index >= 15 is 0 Å². The zero-order valence-corrected chi connectivity index (χ0v) is 11.4. The van der Waals surface area contributed by atoms with Gasteiger partial charge >= 0.3 is 0 Å². The number of amides is 1. The van der Waals surface area contributed by atoms with Gasteiger partial charge in [0.15, 0.2) is 0 Å². The topological polar surface area (TPSA) is 46.9 Å². The standard InChI is InChI=1S/C15H19N3O/c1-4-10-18-13-9-7-6-8-12(13)17-15(18)11(3)16-14(19)5-2/h4,6-9,11H,1,5,10H2,2-3H3,(H,16,19)/t11-/m1/s1. The van der Waals surface area contributed by atoms with Crippen molar-refractivity contribution >= 4 is 16.9 Å². The Morgan fingerprint density at radius 1 is 1.53 bits per heavy atom. The van der Waals surface area contributed by atoms with Crippen molar-refractivity contribution in [2.75, 3.05) is 0 Å². The van der Waals surface area contributed by atoms with Crippen LogP contribution in [-0.2, 0) is 11.3 Å². The van der Waals surface area contributed by atoms with Gasteiger partial charge in [0.1, 0.15) is 5.82 Å². The number of benzene rings is 1. The summed E-state index contributed by atoms with van der Waals surface area (Å²) in [7, 11) is 0. The summed E-state index contributed by atoms with van der Waals surface area (Å²) in [6.07, 6.45) is 2.32. The number of carbonyl (C=O) groups excluding carboxylic acids is 1. The van der Waals surface area contributed by atoms with Gasteiger partial charge in [-0.05, 0) is 19.1 Å². The van der Waals surface area contributed by atoms with Crippen LogP contribution in [0.1, 0.15) is 32.1 Å². The second-order valence-electron chi connectivity index (χ2n) is 4.50. The van der Waals surface area contributed by atoms with E-state index in [1.807, 2.05) is 44.2 Å². The first-order valence-electron chi connectivity index (χ1n) is 6.52. The monoisotopic (exact) mass is 257 g/mol. The predicted octanol–water partition coefficient (Wildman–Crippen LogP) is 2.81. The Labute approximate surface area is 113 Å². The lowest BCUT2D eigenvalue weighted by Crippen LogP contribution is -2.27. The zero-order valence-electron chi connectivity index (χ0n) is 11.4. The number of allylic oxidation sites excluding steroid dienone is 1. The molecule has 4 heteroatoms. The molecule has 0 radical (unpaired) electrons. The minimum Gasteiger partial charge on any atom is -0.346 e. The summed E-state index contributed by atoms with van der Waals surface area (Å²) < 4.78 is 2.09. The Kier molecular flexibility index (Phi) is 4.00. The molecular weight excluding hydrogens is 238 g/mol. The zero-order chi connectivity index (χ0) is 13.8. The highest BCUT2D eigenvalue weighted by Crippen LogP contribution is 2.20. The van der Waals surface area contributed by atoms with Crippen LogP contribution in [0, 0.1) is 0 Å². The van der Waals surface area contributed by atoms with E-state index < -0.39 is 0 Å².